The van der Waals surface area contributed by atoms with E-state index in [1.807, 2.05) is 25.1 Å². The van der Waals surface area contributed by atoms with Gasteiger partial charge < -0.3 is 14.6 Å². The van der Waals surface area contributed by atoms with Crippen LogP contribution in [0.1, 0.15) is 12.5 Å². The van der Waals surface area contributed by atoms with E-state index >= 15 is 0 Å². The second-order valence-corrected chi connectivity index (χ2v) is 3.31. The molecular weight excluding hydrogens is 180 g/mol. The van der Waals surface area contributed by atoms with Crippen molar-refractivity contribution in [2.75, 3.05) is 13.7 Å². The number of aliphatic hydroxyl groups excluding tert-OH is 1. The molecule has 0 amide bonds. The van der Waals surface area contributed by atoms with Crippen LogP contribution in [0, 0.1) is 6.92 Å². The Labute approximate surface area is 84.3 Å². The Morgan fingerprint density at radius 1 is 1.36 bits per heavy atom. The Bertz CT molecular complexity index is 295. The van der Waals surface area contributed by atoms with Crippen LogP contribution in [0.5, 0.6) is 11.5 Å². The van der Waals surface area contributed by atoms with E-state index in [9.17, 15) is 0 Å². The summed E-state index contributed by atoms with van der Waals surface area (Å²) in [6.45, 7) is 3.95. The zero-order valence-corrected chi connectivity index (χ0v) is 8.78. The molecule has 0 aliphatic heterocycles. The SMILES string of the molecule is COc1cc(C)ccc1OC[C@H](C)O. The summed E-state index contributed by atoms with van der Waals surface area (Å²) in [6, 6.07) is 5.69. The third-order valence-corrected chi connectivity index (χ3v) is 1.80. The number of hydrogen-bond donors (Lipinski definition) is 1. The summed E-state index contributed by atoms with van der Waals surface area (Å²) in [6.07, 6.45) is -0.471. The van der Waals surface area contributed by atoms with E-state index in [4.69, 9.17) is 14.6 Å². The molecule has 3 heteroatoms. The highest BCUT2D eigenvalue weighted by Crippen LogP contribution is 2.27. The Morgan fingerprint density at radius 2 is 2.07 bits per heavy atom. The molecule has 0 unspecified atom stereocenters. The summed E-state index contributed by atoms with van der Waals surface area (Å²) in [5.74, 6) is 1.37. The number of hydrogen-bond acceptors (Lipinski definition) is 3. The lowest BCUT2D eigenvalue weighted by atomic mass is 10.2. The van der Waals surface area contributed by atoms with Gasteiger partial charge in [0.15, 0.2) is 11.5 Å². The molecule has 0 aliphatic rings. The lowest BCUT2D eigenvalue weighted by Gasteiger charge is -2.12. The fourth-order valence-corrected chi connectivity index (χ4v) is 1.10. The summed E-state index contributed by atoms with van der Waals surface area (Å²) in [4.78, 5) is 0. The van der Waals surface area contributed by atoms with Crippen LogP contribution in [0.3, 0.4) is 0 Å². The summed E-state index contributed by atoms with van der Waals surface area (Å²) in [5, 5.41) is 9.07. The predicted molar refractivity (Wildman–Crippen MR) is 54.9 cm³/mol. The van der Waals surface area contributed by atoms with Crippen LogP contribution >= 0.6 is 0 Å². The first kappa shape index (κ1) is 10.9. The van der Waals surface area contributed by atoms with E-state index < -0.39 is 6.10 Å². The first-order valence-electron chi connectivity index (χ1n) is 4.59. The van der Waals surface area contributed by atoms with Crippen molar-refractivity contribution in [3.63, 3.8) is 0 Å². The summed E-state index contributed by atoms with van der Waals surface area (Å²) in [5.41, 5.74) is 1.12. The first-order chi connectivity index (χ1) is 6.63. The molecule has 1 atom stereocenters. The third-order valence-electron chi connectivity index (χ3n) is 1.80. The molecule has 0 spiro atoms. The minimum Gasteiger partial charge on any atom is -0.493 e. The molecule has 0 aromatic heterocycles. The monoisotopic (exact) mass is 196 g/mol. The zero-order chi connectivity index (χ0) is 10.6. The number of aliphatic hydroxyl groups is 1. The molecule has 0 saturated heterocycles. The lowest BCUT2D eigenvalue weighted by molar-refractivity contribution is 0.120. The van der Waals surface area contributed by atoms with Crippen molar-refractivity contribution >= 4 is 0 Å². The van der Waals surface area contributed by atoms with Crippen molar-refractivity contribution in [3.05, 3.63) is 23.8 Å². The van der Waals surface area contributed by atoms with Crippen LogP contribution in [0.4, 0.5) is 0 Å². The Hall–Kier alpha value is -1.22. The maximum atomic E-state index is 9.07. The van der Waals surface area contributed by atoms with Crippen LogP contribution in [-0.4, -0.2) is 24.9 Å². The van der Waals surface area contributed by atoms with Crippen molar-refractivity contribution in [2.24, 2.45) is 0 Å². The van der Waals surface area contributed by atoms with Gasteiger partial charge in [-0.15, -0.1) is 0 Å². The molecule has 0 aliphatic carbocycles. The predicted octanol–water partition coefficient (Wildman–Crippen LogP) is 1.76. The minimum absolute atomic E-state index is 0.277. The van der Waals surface area contributed by atoms with Gasteiger partial charge in [0.25, 0.3) is 0 Å². The molecular formula is C11H16O3. The number of aryl methyl sites for hydroxylation is 1. The first-order valence-corrected chi connectivity index (χ1v) is 4.59. The molecule has 14 heavy (non-hydrogen) atoms. The van der Waals surface area contributed by atoms with E-state index in [0.29, 0.717) is 11.5 Å². The highest BCUT2D eigenvalue weighted by molar-refractivity contribution is 5.42. The van der Waals surface area contributed by atoms with Gasteiger partial charge in [-0.25, -0.2) is 0 Å². The summed E-state index contributed by atoms with van der Waals surface area (Å²) < 4.78 is 10.5. The molecule has 0 fully saturated rings. The molecule has 0 bridgehead atoms. The normalized spacial score (nSPS) is 12.3. The molecule has 1 aromatic rings. The van der Waals surface area contributed by atoms with Gasteiger partial charge in [0.2, 0.25) is 0 Å². The van der Waals surface area contributed by atoms with Crippen LogP contribution < -0.4 is 9.47 Å². The van der Waals surface area contributed by atoms with Gasteiger partial charge in [-0.3, -0.25) is 0 Å². The van der Waals surface area contributed by atoms with E-state index in [0.717, 1.165) is 5.56 Å². The molecule has 1 rings (SSSR count). The van der Waals surface area contributed by atoms with E-state index in [1.54, 1.807) is 14.0 Å². The Balaban J connectivity index is 2.75. The number of rotatable bonds is 4. The number of methoxy groups -OCH3 is 1. The molecule has 3 nitrogen and oxygen atoms in total. The van der Waals surface area contributed by atoms with Crippen molar-refractivity contribution in [1.82, 2.24) is 0 Å². The van der Waals surface area contributed by atoms with E-state index in [1.165, 1.54) is 0 Å². The number of ether oxygens (including phenoxy) is 2. The van der Waals surface area contributed by atoms with Gasteiger partial charge in [-0.1, -0.05) is 6.07 Å². The van der Waals surface area contributed by atoms with Crippen molar-refractivity contribution in [2.45, 2.75) is 20.0 Å². The van der Waals surface area contributed by atoms with Gasteiger partial charge >= 0.3 is 0 Å². The molecule has 0 radical (unpaired) electrons. The van der Waals surface area contributed by atoms with E-state index in [2.05, 4.69) is 0 Å². The van der Waals surface area contributed by atoms with Crippen molar-refractivity contribution in [1.29, 1.82) is 0 Å². The quantitative estimate of drug-likeness (QED) is 0.797. The van der Waals surface area contributed by atoms with Crippen LogP contribution in [0.15, 0.2) is 18.2 Å². The second kappa shape index (κ2) is 4.86. The fourth-order valence-electron chi connectivity index (χ4n) is 1.10. The molecule has 0 heterocycles. The van der Waals surface area contributed by atoms with Gasteiger partial charge in [-0.05, 0) is 31.5 Å². The lowest BCUT2D eigenvalue weighted by Crippen LogP contribution is -2.13. The van der Waals surface area contributed by atoms with Gasteiger partial charge in [0, 0.05) is 0 Å². The average Bonchev–Trinajstić information content (AvgIpc) is 2.15. The van der Waals surface area contributed by atoms with Gasteiger partial charge in [0.1, 0.15) is 6.61 Å². The maximum Gasteiger partial charge on any atom is 0.161 e. The standard InChI is InChI=1S/C11H16O3/c1-8-4-5-10(11(6-8)13-3)14-7-9(2)12/h4-6,9,12H,7H2,1-3H3/t9-/m0/s1. The van der Waals surface area contributed by atoms with Crippen molar-refractivity contribution < 1.29 is 14.6 Å². The smallest absolute Gasteiger partial charge is 0.161 e. The molecule has 0 saturated carbocycles. The van der Waals surface area contributed by atoms with Gasteiger partial charge in [-0.2, -0.15) is 0 Å². The van der Waals surface area contributed by atoms with Crippen LogP contribution in [-0.2, 0) is 0 Å². The molecule has 1 N–H and O–H groups in total. The molecule has 1 aromatic carbocycles. The fraction of sp³-hybridized carbons (Fsp3) is 0.455. The van der Waals surface area contributed by atoms with Crippen LogP contribution in [0.25, 0.3) is 0 Å². The third kappa shape index (κ3) is 2.92. The summed E-state index contributed by atoms with van der Waals surface area (Å²) in [7, 11) is 1.60. The second-order valence-electron chi connectivity index (χ2n) is 3.31. The van der Waals surface area contributed by atoms with Crippen molar-refractivity contribution in [3.8, 4) is 11.5 Å². The highest BCUT2D eigenvalue weighted by atomic mass is 16.5. The highest BCUT2D eigenvalue weighted by Gasteiger charge is 2.05. The maximum absolute atomic E-state index is 9.07. The van der Waals surface area contributed by atoms with E-state index in [-0.39, 0.29) is 6.61 Å². The summed E-state index contributed by atoms with van der Waals surface area (Å²) >= 11 is 0. The average molecular weight is 196 g/mol. The van der Waals surface area contributed by atoms with Gasteiger partial charge in [0.05, 0.1) is 13.2 Å². The Kier molecular flexibility index (Phi) is 3.77. The topological polar surface area (TPSA) is 38.7 Å². The molecule has 78 valence electrons. The zero-order valence-electron chi connectivity index (χ0n) is 8.78. The Morgan fingerprint density at radius 3 is 2.64 bits per heavy atom. The van der Waals surface area contributed by atoms with Crippen LogP contribution in [0.2, 0.25) is 0 Å². The minimum atomic E-state index is -0.471. The number of benzene rings is 1. The largest absolute Gasteiger partial charge is 0.493 e.